The largest absolute Gasteiger partial charge is 0.512 e. The van der Waals surface area contributed by atoms with Crippen molar-refractivity contribution < 1.29 is 34.4 Å². The molecule has 0 unspecified atom stereocenters. The number of benzene rings is 3. The second-order valence-electron chi connectivity index (χ2n) is 7.78. The fraction of sp³-hybridized carbons (Fsp3) is 0.0714. The molecular formula is C28H21IrN2O3-. The Hall–Kier alpha value is -3.73. The van der Waals surface area contributed by atoms with Crippen molar-refractivity contribution in [2.75, 3.05) is 0 Å². The van der Waals surface area contributed by atoms with Crippen molar-refractivity contribution in [2.45, 2.75) is 13.8 Å². The SMILES string of the molecule is CC(=O)/C=C(/C)O.[Ir].[c-]1ccc2c3c1c1ncccc1oc1cccc(c13)n2-c1ccccc1. The molecule has 34 heavy (non-hydrogen) atoms. The van der Waals surface area contributed by atoms with Crippen LogP contribution >= 0.6 is 0 Å². The number of carbonyl (C=O) groups is 1. The molecule has 3 aromatic heterocycles. The Balaban J connectivity index is 0.000000303. The van der Waals surface area contributed by atoms with E-state index in [0.717, 1.165) is 49.6 Å². The van der Waals surface area contributed by atoms with E-state index in [2.05, 4.69) is 52.0 Å². The van der Waals surface area contributed by atoms with Gasteiger partial charge in [0.1, 0.15) is 11.2 Å². The van der Waals surface area contributed by atoms with Gasteiger partial charge in [-0.2, -0.15) is 0 Å². The minimum absolute atomic E-state index is 0. The number of allylic oxidation sites excluding steroid dienone is 2. The van der Waals surface area contributed by atoms with Gasteiger partial charge >= 0.3 is 0 Å². The molecule has 0 spiro atoms. The topological polar surface area (TPSA) is 68.3 Å². The molecule has 5 nitrogen and oxygen atoms in total. The summed E-state index contributed by atoms with van der Waals surface area (Å²) in [6, 6.07) is 28.0. The van der Waals surface area contributed by atoms with E-state index in [-0.39, 0.29) is 31.6 Å². The predicted octanol–water partition coefficient (Wildman–Crippen LogP) is 6.91. The van der Waals surface area contributed by atoms with Gasteiger partial charge in [-0.15, -0.1) is 23.6 Å². The molecule has 3 aromatic carbocycles. The number of aliphatic hydroxyl groups excluding tert-OH is 1. The third-order valence-electron chi connectivity index (χ3n) is 5.37. The molecule has 0 aliphatic rings. The van der Waals surface area contributed by atoms with E-state index >= 15 is 0 Å². The van der Waals surface area contributed by atoms with Crippen LogP contribution in [-0.2, 0) is 24.9 Å². The van der Waals surface area contributed by atoms with Crippen molar-refractivity contribution in [1.29, 1.82) is 0 Å². The minimum atomic E-state index is -0.125. The van der Waals surface area contributed by atoms with Gasteiger partial charge in [-0.05, 0) is 55.8 Å². The first-order valence-electron chi connectivity index (χ1n) is 10.6. The summed E-state index contributed by atoms with van der Waals surface area (Å²) in [6.07, 6.45) is 2.97. The third kappa shape index (κ3) is 4.14. The molecule has 1 radical (unpaired) electrons. The second-order valence-corrected chi connectivity index (χ2v) is 7.78. The molecule has 3 heterocycles. The van der Waals surface area contributed by atoms with Crippen molar-refractivity contribution in [3.05, 3.63) is 96.9 Å². The summed E-state index contributed by atoms with van der Waals surface area (Å²) in [4.78, 5) is 14.6. The molecule has 1 N–H and O–H groups in total. The molecule has 6 aromatic rings. The van der Waals surface area contributed by atoms with Crippen LogP contribution in [0.2, 0.25) is 0 Å². The van der Waals surface area contributed by atoms with E-state index in [9.17, 15) is 4.79 Å². The second kappa shape index (κ2) is 9.64. The van der Waals surface area contributed by atoms with Crippen molar-refractivity contribution in [3.8, 4) is 5.69 Å². The smallest absolute Gasteiger partial charge is 0.155 e. The average molecular weight is 626 g/mol. The summed E-state index contributed by atoms with van der Waals surface area (Å²) in [7, 11) is 0. The van der Waals surface area contributed by atoms with Crippen molar-refractivity contribution >= 4 is 49.7 Å². The number of aromatic nitrogens is 2. The number of hydrogen-bond donors (Lipinski definition) is 1. The van der Waals surface area contributed by atoms with Crippen LogP contribution in [0.25, 0.3) is 49.6 Å². The zero-order chi connectivity index (χ0) is 22.9. The Labute approximate surface area is 209 Å². The summed E-state index contributed by atoms with van der Waals surface area (Å²) in [6.45, 7) is 2.85. The number of para-hydroxylation sites is 1. The number of carbonyl (C=O) groups excluding carboxylic acids is 1. The van der Waals surface area contributed by atoms with Crippen LogP contribution in [0.15, 0.2) is 95.2 Å². The van der Waals surface area contributed by atoms with Crippen LogP contribution in [0.4, 0.5) is 0 Å². The monoisotopic (exact) mass is 626 g/mol. The summed E-state index contributed by atoms with van der Waals surface area (Å²) in [5, 5.41) is 11.6. The van der Waals surface area contributed by atoms with Crippen LogP contribution in [-0.4, -0.2) is 20.4 Å². The number of nitrogens with zero attached hydrogens (tertiary/aromatic N) is 2. The number of hydrogen-bond acceptors (Lipinski definition) is 4. The molecule has 171 valence electrons. The maximum atomic E-state index is 10.0. The maximum absolute atomic E-state index is 10.0. The van der Waals surface area contributed by atoms with E-state index in [0.29, 0.717) is 0 Å². The molecule has 0 aliphatic heterocycles. The van der Waals surface area contributed by atoms with Crippen molar-refractivity contribution in [2.24, 2.45) is 0 Å². The molecule has 0 bridgehead atoms. The standard InChI is InChI=1S/C23H13N2O.C5H8O2.Ir/c1-2-7-15(8-3-1)25-17-10-4-9-16-21(17)22-18(25)11-5-12-19(22)26-20-13-6-14-24-23(16)20;1-4(6)3-5(2)7;/h1-8,10-14H;3,6H,1-2H3;/q-1;;/b;4-3-;. The fourth-order valence-electron chi connectivity index (χ4n) is 4.21. The number of rotatable bonds is 2. The zero-order valence-electron chi connectivity index (χ0n) is 18.6. The number of ketones is 1. The first-order valence-corrected chi connectivity index (χ1v) is 10.6. The van der Waals surface area contributed by atoms with Gasteiger partial charge in [-0.1, -0.05) is 29.7 Å². The molecule has 0 saturated carbocycles. The van der Waals surface area contributed by atoms with Gasteiger partial charge in [0.15, 0.2) is 5.78 Å². The van der Waals surface area contributed by atoms with Gasteiger partial charge in [0, 0.05) is 54.5 Å². The molecule has 0 atom stereocenters. The van der Waals surface area contributed by atoms with Crippen LogP contribution in [0.1, 0.15) is 13.8 Å². The molecule has 6 heteroatoms. The van der Waals surface area contributed by atoms with Crippen LogP contribution in [0.5, 0.6) is 0 Å². The van der Waals surface area contributed by atoms with Crippen molar-refractivity contribution in [1.82, 2.24) is 9.55 Å². The number of fused-ring (bicyclic) bond motifs is 2. The van der Waals surface area contributed by atoms with Gasteiger partial charge in [0.2, 0.25) is 0 Å². The summed E-state index contributed by atoms with van der Waals surface area (Å²) in [5.41, 5.74) is 5.85. The Morgan fingerprint density at radius 3 is 2.38 bits per heavy atom. The summed E-state index contributed by atoms with van der Waals surface area (Å²) >= 11 is 0. The molecule has 6 rings (SSSR count). The zero-order valence-corrected chi connectivity index (χ0v) is 21.0. The van der Waals surface area contributed by atoms with Gasteiger partial charge < -0.3 is 19.1 Å². The van der Waals surface area contributed by atoms with Crippen LogP contribution in [0, 0.1) is 6.07 Å². The Morgan fingerprint density at radius 2 is 1.68 bits per heavy atom. The molecule has 0 amide bonds. The number of aliphatic hydroxyl groups is 1. The van der Waals surface area contributed by atoms with E-state index in [1.807, 2.05) is 36.4 Å². The number of pyridine rings is 1. The maximum Gasteiger partial charge on any atom is 0.155 e. The molecular weight excluding hydrogens is 605 g/mol. The van der Waals surface area contributed by atoms with Crippen LogP contribution in [0.3, 0.4) is 0 Å². The molecule has 0 aliphatic carbocycles. The quantitative estimate of drug-likeness (QED) is 0.129. The Kier molecular flexibility index (Phi) is 6.64. The first-order chi connectivity index (χ1) is 16.0. The summed E-state index contributed by atoms with van der Waals surface area (Å²) in [5.74, 6) is -0.0625. The Morgan fingerprint density at radius 1 is 0.941 bits per heavy atom. The predicted molar refractivity (Wildman–Crippen MR) is 132 cm³/mol. The Bertz CT molecular complexity index is 1660. The van der Waals surface area contributed by atoms with E-state index in [1.54, 1.807) is 6.20 Å². The van der Waals surface area contributed by atoms with Crippen molar-refractivity contribution in [3.63, 3.8) is 0 Å². The fourth-order valence-corrected chi connectivity index (χ4v) is 4.21. The van der Waals surface area contributed by atoms with Crippen LogP contribution < -0.4 is 0 Å². The first kappa shape index (κ1) is 23.4. The van der Waals surface area contributed by atoms with Gasteiger partial charge in [0.05, 0.1) is 5.76 Å². The van der Waals surface area contributed by atoms with E-state index in [1.165, 1.54) is 19.9 Å². The van der Waals surface area contributed by atoms with Gasteiger partial charge in [0.25, 0.3) is 0 Å². The van der Waals surface area contributed by atoms with Gasteiger partial charge in [-0.25, -0.2) is 0 Å². The minimum Gasteiger partial charge on any atom is -0.512 e. The molecule has 0 saturated heterocycles. The normalized spacial score (nSPS) is 11.4. The summed E-state index contributed by atoms with van der Waals surface area (Å²) < 4.78 is 8.55. The van der Waals surface area contributed by atoms with Gasteiger partial charge in [-0.3, -0.25) is 4.79 Å². The molecule has 0 fully saturated rings. The third-order valence-corrected chi connectivity index (χ3v) is 5.37. The average Bonchev–Trinajstić information content (AvgIpc) is 3.06. The van der Waals surface area contributed by atoms with E-state index in [4.69, 9.17) is 9.52 Å². The van der Waals surface area contributed by atoms with E-state index < -0.39 is 0 Å².